The number of carbonyl (C=O) groups is 2. The van der Waals surface area contributed by atoms with E-state index in [4.69, 9.17) is 0 Å². The van der Waals surface area contributed by atoms with E-state index in [0.29, 0.717) is 25.1 Å². The number of hydrogen-bond acceptors (Lipinski definition) is 4. The molecule has 1 unspecified atom stereocenters. The summed E-state index contributed by atoms with van der Waals surface area (Å²) in [6, 6.07) is 1.79. The average Bonchev–Trinajstić information content (AvgIpc) is 3.26. The van der Waals surface area contributed by atoms with Crippen LogP contribution in [0.5, 0.6) is 0 Å². The highest BCUT2D eigenvalue weighted by molar-refractivity contribution is 7.10. The van der Waals surface area contributed by atoms with Crippen molar-refractivity contribution in [3.8, 4) is 0 Å². The highest BCUT2D eigenvalue weighted by atomic mass is 32.1. The van der Waals surface area contributed by atoms with Gasteiger partial charge in [-0.3, -0.25) is 14.3 Å². The van der Waals surface area contributed by atoms with Crippen LogP contribution in [-0.2, 0) is 17.8 Å². The molecule has 1 aliphatic heterocycles. The number of nitrogens with zero attached hydrogens (tertiary/aromatic N) is 3. The van der Waals surface area contributed by atoms with Crippen molar-refractivity contribution in [1.29, 1.82) is 0 Å². The zero-order valence-electron chi connectivity index (χ0n) is 16.5. The summed E-state index contributed by atoms with van der Waals surface area (Å²) in [5, 5.41) is 9.35. The van der Waals surface area contributed by atoms with Crippen molar-refractivity contribution in [2.24, 2.45) is 0 Å². The topological polar surface area (TPSA) is 67.2 Å². The van der Waals surface area contributed by atoms with Crippen molar-refractivity contribution < 1.29 is 9.59 Å². The van der Waals surface area contributed by atoms with Crippen molar-refractivity contribution in [2.75, 3.05) is 6.54 Å². The lowest BCUT2D eigenvalue weighted by molar-refractivity contribution is -0.134. The maximum Gasteiger partial charge on any atom is 0.255 e. The van der Waals surface area contributed by atoms with E-state index < -0.39 is 6.04 Å². The van der Waals surface area contributed by atoms with Gasteiger partial charge in [0, 0.05) is 29.7 Å². The third-order valence-corrected chi connectivity index (χ3v) is 6.10. The lowest BCUT2D eigenvalue weighted by atomic mass is 10.1. The Bertz CT molecular complexity index is 824. The summed E-state index contributed by atoms with van der Waals surface area (Å²) in [5.41, 5.74) is 2.60. The van der Waals surface area contributed by atoms with Gasteiger partial charge in [0.15, 0.2) is 0 Å². The van der Waals surface area contributed by atoms with E-state index in [0.717, 1.165) is 18.5 Å². The van der Waals surface area contributed by atoms with E-state index in [1.807, 2.05) is 37.3 Å². The number of hydrogen-bond donors (Lipinski definition) is 1. The smallest absolute Gasteiger partial charge is 0.255 e. The van der Waals surface area contributed by atoms with E-state index in [2.05, 4.69) is 21.9 Å². The molecule has 3 rings (SSSR count). The zero-order chi connectivity index (χ0) is 19.6. The quantitative estimate of drug-likeness (QED) is 0.825. The van der Waals surface area contributed by atoms with Gasteiger partial charge in [-0.25, -0.2) is 0 Å². The molecule has 0 radical (unpaired) electrons. The molecule has 0 spiro atoms. The largest absolute Gasteiger partial charge is 0.340 e. The van der Waals surface area contributed by atoms with Gasteiger partial charge < -0.3 is 10.2 Å². The lowest BCUT2D eigenvalue weighted by Gasteiger charge is -2.30. The second kappa shape index (κ2) is 8.25. The molecule has 0 bridgehead atoms. The Balaban J connectivity index is 1.72. The fraction of sp³-hybridized carbons (Fsp3) is 0.550. The van der Waals surface area contributed by atoms with E-state index in [1.165, 1.54) is 10.4 Å². The normalized spacial score (nSPS) is 14.9. The number of thiophene rings is 1. The van der Waals surface area contributed by atoms with Crippen LogP contribution in [0, 0.1) is 6.92 Å². The molecule has 27 heavy (non-hydrogen) atoms. The predicted molar refractivity (Wildman–Crippen MR) is 107 cm³/mol. The Morgan fingerprint density at radius 3 is 2.81 bits per heavy atom. The molecule has 2 aromatic heterocycles. The van der Waals surface area contributed by atoms with Crippen LogP contribution in [0.2, 0.25) is 0 Å². The number of nitrogens with one attached hydrogen (secondary N) is 1. The van der Waals surface area contributed by atoms with E-state index in [1.54, 1.807) is 17.5 Å². The maximum absolute atomic E-state index is 13.1. The minimum Gasteiger partial charge on any atom is -0.340 e. The third kappa shape index (κ3) is 4.08. The van der Waals surface area contributed by atoms with Crippen LogP contribution in [0.1, 0.15) is 66.1 Å². The summed E-state index contributed by atoms with van der Waals surface area (Å²) in [4.78, 5) is 29.1. The molecule has 1 N–H and O–H groups in total. The summed E-state index contributed by atoms with van der Waals surface area (Å²) in [5.74, 6) is -0.213. The van der Waals surface area contributed by atoms with E-state index in [-0.39, 0.29) is 17.9 Å². The number of aromatic nitrogens is 2. The Morgan fingerprint density at radius 1 is 1.37 bits per heavy atom. The second-order valence-electron chi connectivity index (χ2n) is 7.38. The van der Waals surface area contributed by atoms with Crippen molar-refractivity contribution >= 4 is 23.2 Å². The minimum absolute atomic E-state index is 0.0101. The number of amides is 2. The van der Waals surface area contributed by atoms with Crippen LogP contribution < -0.4 is 5.32 Å². The summed E-state index contributed by atoms with van der Waals surface area (Å²) in [6.45, 7) is 9.33. The zero-order valence-corrected chi connectivity index (χ0v) is 17.3. The molecule has 2 amide bonds. The fourth-order valence-corrected chi connectivity index (χ4v) is 4.50. The fourth-order valence-electron chi connectivity index (χ4n) is 3.61. The van der Waals surface area contributed by atoms with Gasteiger partial charge in [0.1, 0.15) is 6.04 Å². The van der Waals surface area contributed by atoms with E-state index >= 15 is 0 Å². The first kappa shape index (κ1) is 19.6. The van der Waals surface area contributed by atoms with Gasteiger partial charge in [-0.15, -0.1) is 11.3 Å². The molecule has 2 aromatic rings. The first-order valence-corrected chi connectivity index (χ1v) is 10.5. The molecule has 1 aliphatic rings. The standard InChI is InChI=1S/C20H28N4O2S/c1-5-6-17(20(26)23-9-7-18-15(12-23)8-10-27-18)22-19(25)16-11-21-24(13(2)3)14(16)4/h8,10-11,13,17H,5-7,9,12H2,1-4H3,(H,22,25). The molecule has 0 fully saturated rings. The molecule has 0 aliphatic carbocycles. The third-order valence-electron chi connectivity index (χ3n) is 5.08. The molecule has 6 nitrogen and oxygen atoms in total. The lowest BCUT2D eigenvalue weighted by Crippen LogP contribution is -2.49. The van der Waals surface area contributed by atoms with Crippen molar-refractivity contribution in [1.82, 2.24) is 20.0 Å². The number of fused-ring (bicyclic) bond motifs is 1. The first-order chi connectivity index (χ1) is 12.9. The molecule has 7 heteroatoms. The van der Waals surface area contributed by atoms with Crippen molar-refractivity contribution in [3.05, 3.63) is 39.3 Å². The van der Waals surface area contributed by atoms with Crippen molar-refractivity contribution in [2.45, 2.75) is 65.6 Å². The van der Waals surface area contributed by atoms with Crippen LogP contribution >= 0.6 is 11.3 Å². The SMILES string of the molecule is CCCC(NC(=O)c1cnn(C(C)C)c1C)C(=O)N1CCc2sccc2C1. The highest BCUT2D eigenvalue weighted by Gasteiger charge is 2.29. The number of rotatable bonds is 6. The Labute approximate surface area is 164 Å². The summed E-state index contributed by atoms with van der Waals surface area (Å²) >= 11 is 1.75. The van der Waals surface area contributed by atoms with Crippen LogP contribution in [0.3, 0.4) is 0 Å². The van der Waals surface area contributed by atoms with Crippen LogP contribution in [-0.4, -0.2) is 39.1 Å². The monoisotopic (exact) mass is 388 g/mol. The van der Waals surface area contributed by atoms with Crippen LogP contribution in [0.4, 0.5) is 0 Å². The summed E-state index contributed by atoms with van der Waals surface area (Å²) < 4.78 is 1.83. The van der Waals surface area contributed by atoms with Gasteiger partial charge in [0.2, 0.25) is 5.91 Å². The Morgan fingerprint density at radius 2 is 2.15 bits per heavy atom. The van der Waals surface area contributed by atoms with Gasteiger partial charge in [0.05, 0.1) is 11.8 Å². The molecular weight excluding hydrogens is 360 g/mol. The first-order valence-electron chi connectivity index (χ1n) is 9.61. The summed E-state index contributed by atoms with van der Waals surface area (Å²) in [6.07, 6.45) is 3.95. The summed E-state index contributed by atoms with van der Waals surface area (Å²) in [7, 11) is 0. The van der Waals surface area contributed by atoms with Crippen molar-refractivity contribution in [3.63, 3.8) is 0 Å². The van der Waals surface area contributed by atoms with Gasteiger partial charge in [0.25, 0.3) is 5.91 Å². The van der Waals surface area contributed by atoms with Gasteiger partial charge in [-0.05, 0) is 50.6 Å². The molecular formula is C20H28N4O2S. The molecule has 0 aromatic carbocycles. The van der Waals surface area contributed by atoms with Gasteiger partial charge in [-0.2, -0.15) is 5.10 Å². The van der Waals surface area contributed by atoms with Crippen LogP contribution in [0.25, 0.3) is 0 Å². The molecule has 146 valence electrons. The van der Waals surface area contributed by atoms with E-state index in [9.17, 15) is 9.59 Å². The molecule has 3 heterocycles. The maximum atomic E-state index is 13.1. The van der Waals surface area contributed by atoms with Crippen LogP contribution in [0.15, 0.2) is 17.6 Å². The second-order valence-corrected chi connectivity index (χ2v) is 8.38. The van der Waals surface area contributed by atoms with Gasteiger partial charge in [-0.1, -0.05) is 13.3 Å². The predicted octanol–water partition coefficient (Wildman–Crippen LogP) is 3.32. The average molecular weight is 389 g/mol. The van der Waals surface area contributed by atoms with Gasteiger partial charge >= 0.3 is 0 Å². The molecule has 0 saturated heterocycles. The molecule has 1 atom stereocenters. The highest BCUT2D eigenvalue weighted by Crippen LogP contribution is 2.24. The Hall–Kier alpha value is -2.15. The Kier molecular flexibility index (Phi) is 5.99. The molecule has 0 saturated carbocycles. The minimum atomic E-state index is -0.496. The number of carbonyl (C=O) groups excluding carboxylic acids is 2.